The lowest BCUT2D eigenvalue weighted by Gasteiger charge is -2.33. The molecule has 304 valence electrons. The van der Waals surface area contributed by atoms with Crippen LogP contribution in [0.25, 0.3) is 11.0 Å². The topological polar surface area (TPSA) is 143 Å². The molecule has 1 aliphatic carbocycles. The van der Waals surface area contributed by atoms with Crippen molar-refractivity contribution in [2.24, 2.45) is 5.41 Å². The van der Waals surface area contributed by atoms with E-state index >= 15 is 0 Å². The van der Waals surface area contributed by atoms with Gasteiger partial charge in [-0.15, -0.1) is 18.3 Å². The number of pyridine rings is 1. The highest BCUT2D eigenvalue weighted by atomic mass is 32.2. The van der Waals surface area contributed by atoms with E-state index in [1.807, 2.05) is 26.0 Å². The first kappa shape index (κ1) is 41.7. The summed E-state index contributed by atoms with van der Waals surface area (Å²) in [4.78, 5) is 20.0. The van der Waals surface area contributed by atoms with E-state index in [0.29, 0.717) is 46.5 Å². The van der Waals surface area contributed by atoms with Gasteiger partial charge in [-0.25, -0.2) is 8.42 Å². The molecule has 3 aliphatic rings. The van der Waals surface area contributed by atoms with Gasteiger partial charge in [-0.05, 0) is 126 Å². The zero-order valence-corrected chi connectivity index (χ0v) is 34.3. The van der Waals surface area contributed by atoms with Crippen molar-refractivity contribution < 1.29 is 36.2 Å². The van der Waals surface area contributed by atoms with Gasteiger partial charge in [0.2, 0.25) is 15.9 Å². The molecule has 1 saturated carbocycles. The molecule has 2 aliphatic heterocycles. The number of carboxylic acid groups (broad SMARTS) is 1. The molecule has 2 N–H and O–H groups in total. The number of likely N-dealkylation sites (tertiary alicyclic amines) is 1. The zero-order valence-electron chi connectivity index (χ0n) is 32.5. The highest BCUT2D eigenvalue weighted by molar-refractivity contribution is 7.89. The van der Waals surface area contributed by atoms with Gasteiger partial charge in [-0.3, -0.25) is 4.79 Å². The summed E-state index contributed by atoms with van der Waals surface area (Å²) in [6.45, 7) is 13.6. The smallest absolute Gasteiger partial charge is 0.481 e. The number of piperidine rings is 1. The summed E-state index contributed by atoms with van der Waals surface area (Å²) in [5, 5.41) is 21.1. The molecular weight excluding hydrogens is 768 g/mol. The molecule has 0 radical (unpaired) electrons. The van der Waals surface area contributed by atoms with E-state index in [1.54, 1.807) is 32.9 Å². The fraction of sp³-hybridized carbons (Fsp3) is 0.538. The van der Waals surface area contributed by atoms with Crippen LogP contribution in [0.2, 0.25) is 0 Å². The Morgan fingerprint density at radius 2 is 1.73 bits per heavy atom. The summed E-state index contributed by atoms with van der Waals surface area (Å²) in [5.74, 6) is -1.29. The van der Waals surface area contributed by atoms with Gasteiger partial charge < -0.3 is 20.1 Å². The molecule has 1 saturated heterocycles. The number of hydrogen-bond donors (Lipinski definition) is 2. The average molecular weight is 818 g/mol. The van der Waals surface area contributed by atoms with Gasteiger partial charge in [-0.2, -0.15) is 27.5 Å². The minimum Gasteiger partial charge on any atom is -0.481 e. The van der Waals surface area contributed by atoms with E-state index in [4.69, 9.17) is 9.72 Å². The van der Waals surface area contributed by atoms with Gasteiger partial charge in [0.1, 0.15) is 21.8 Å². The Bertz CT molecular complexity index is 2250. The fourth-order valence-corrected chi connectivity index (χ4v) is 9.71. The monoisotopic (exact) mass is 817 g/mol. The predicted octanol–water partition coefficient (Wildman–Crippen LogP) is 6.99. The van der Waals surface area contributed by atoms with Gasteiger partial charge in [0, 0.05) is 25.0 Å². The average Bonchev–Trinajstić information content (AvgIpc) is 3.72. The molecule has 0 unspecified atom stereocenters. The molecule has 2 aromatic carbocycles. The molecule has 0 amide bonds. The molecule has 4 aromatic rings. The van der Waals surface area contributed by atoms with Crippen molar-refractivity contribution >= 4 is 46.3 Å². The molecule has 0 bridgehead atoms. The lowest BCUT2D eigenvalue weighted by Crippen LogP contribution is -2.38. The number of carboxylic acids is 1. The molecule has 4 heterocycles. The van der Waals surface area contributed by atoms with E-state index < -0.39 is 39.2 Å². The van der Waals surface area contributed by atoms with Crippen molar-refractivity contribution in [1.82, 2.24) is 29.2 Å². The Morgan fingerprint density at radius 3 is 2.38 bits per heavy atom. The number of benzene rings is 2. The summed E-state index contributed by atoms with van der Waals surface area (Å²) in [5.41, 5.74) is 1.14. The molecule has 2 atom stereocenters. The Labute approximate surface area is 332 Å². The summed E-state index contributed by atoms with van der Waals surface area (Å²) in [6, 6.07) is 9.88. The maximum absolute atomic E-state index is 14.5. The highest BCUT2D eigenvalue weighted by Gasteiger charge is 2.53. The first-order valence-electron chi connectivity index (χ1n) is 18.8. The summed E-state index contributed by atoms with van der Waals surface area (Å²) >= 11 is 0. The van der Waals surface area contributed by atoms with Crippen molar-refractivity contribution in [1.29, 1.82) is 0 Å². The predicted molar refractivity (Wildman–Crippen MR) is 211 cm³/mol. The third-order valence-corrected chi connectivity index (χ3v) is 13.3. The Hall–Kier alpha value is -3.93. The quantitative estimate of drug-likeness (QED) is 0.172. The van der Waals surface area contributed by atoms with Gasteiger partial charge in [0.05, 0.1) is 17.5 Å². The molecule has 56 heavy (non-hydrogen) atoms. The summed E-state index contributed by atoms with van der Waals surface area (Å²) < 4.78 is 77.8. The number of carbonyl (C=O) groups is 1. The van der Waals surface area contributed by atoms with Crippen LogP contribution in [0, 0.1) is 26.2 Å². The van der Waals surface area contributed by atoms with E-state index in [9.17, 15) is 31.5 Å². The van der Waals surface area contributed by atoms with Crippen LogP contribution >= 0.6 is 13.5 Å². The second kappa shape index (κ2) is 15.1. The Balaban J connectivity index is 0.00000532. The normalized spacial score (nSPS) is 19.4. The number of nitrogens with one attached hydrogen (secondary N) is 1. The largest absolute Gasteiger partial charge is 0.506 e. The molecule has 7 rings (SSSR count). The zero-order chi connectivity index (χ0) is 39.7. The minimum absolute atomic E-state index is 0. The minimum atomic E-state index is -4.79. The van der Waals surface area contributed by atoms with Crippen molar-refractivity contribution in [3.05, 3.63) is 69.8 Å². The number of halogens is 3. The molecule has 17 heteroatoms. The Morgan fingerprint density at radius 1 is 1.04 bits per heavy atom. The van der Waals surface area contributed by atoms with Crippen LogP contribution in [0.1, 0.15) is 92.2 Å². The number of sulfonamides is 1. The van der Waals surface area contributed by atoms with Crippen molar-refractivity contribution in [3.63, 3.8) is 0 Å². The number of aromatic nitrogens is 4. The number of hydrogen-bond acceptors (Lipinski definition) is 9. The van der Waals surface area contributed by atoms with E-state index in [-0.39, 0.29) is 59.1 Å². The maximum atomic E-state index is 14.5. The van der Waals surface area contributed by atoms with Gasteiger partial charge in [0.15, 0.2) is 0 Å². The molecule has 12 nitrogen and oxygen atoms in total. The fourth-order valence-electron chi connectivity index (χ4n) is 8.08. The first-order chi connectivity index (χ1) is 25.8. The molecule has 1 spiro atoms. The van der Waals surface area contributed by atoms with Gasteiger partial charge in [-0.1, -0.05) is 35.9 Å². The van der Waals surface area contributed by atoms with E-state index in [2.05, 4.69) is 27.5 Å². The third kappa shape index (κ3) is 7.83. The number of aryl methyl sites for hydroxylation is 3. The SMILES string of the molecule is Cc1ccc([C@H](c2ccc3c(nnn3C(F)(F)F)c2C)C(C)(C)C(=O)O)cc1CN1CC2(CC2)Oc2nc(N[C@@H](C)CN3CCCCC3)c(C)cc2S1(=O)=O.S. The van der Waals surface area contributed by atoms with Crippen molar-refractivity contribution in [2.75, 3.05) is 31.5 Å². The number of nitrogens with zero attached hydrogens (tertiary/aromatic N) is 6. The first-order valence-corrected chi connectivity index (χ1v) is 20.2. The lowest BCUT2D eigenvalue weighted by molar-refractivity contribution is -0.210. The number of alkyl halides is 3. The van der Waals surface area contributed by atoms with Crippen LogP contribution in [-0.4, -0.2) is 86.5 Å². The highest BCUT2D eigenvalue weighted by Crippen LogP contribution is 2.48. The van der Waals surface area contributed by atoms with Crippen molar-refractivity contribution in [2.45, 2.75) is 109 Å². The summed E-state index contributed by atoms with van der Waals surface area (Å²) in [6.07, 6.45) is 0.167. The van der Waals surface area contributed by atoms with Crippen LogP contribution in [0.3, 0.4) is 0 Å². The number of rotatable bonds is 10. The second-order valence-electron chi connectivity index (χ2n) is 16.2. The Kier molecular flexibility index (Phi) is 11.2. The number of aliphatic carboxylic acids is 1. The van der Waals surface area contributed by atoms with Crippen LogP contribution in [0.5, 0.6) is 5.88 Å². The van der Waals surface area contributed by atoms with Crippen LogP contribution < -0.4 is 10.1 Å². The lowest BCUT2D eigenvalue weighted by atomic mass is 9.69. The molecular formula is C39H50F3N7O5S2. The molecule has 2 fully saturated rings. The van der Waals surface area contributed by atoms with Gasteiger partial charge >= 0.3 is 12.3 Å². The van der Waals surface area contributed by atoms with Crippen LogP contribution in [-0.2, 0) is 27.7 Å². The van der Waals surface area contributed by atoms with E-state index in [0.717, 1.165) is 25.2 Å². The standard InChI is InChI=1S/C39H48F3N7O5S.H2S/c1-23-10-11-27(32(37(5,6)36(50)51)29-12-13-30-33(26(29)4)45-46-49(30)39(40,41)42)19-28(23)21-48-22-38(14-15-38)54-35-31(55(48,52)53)18-24(2)34(44-35)43-25(3)20-47-16-8-7-9-17-47;/h10-13,18-19,25,32H,7-9,14-17,20-22H2,1-6H3,(H,43,44)(H,50,51);1H2/t25-,32+;/m0./s1. The number of ether oxygens (including phenoxy) is 1. The number of fused-ring (bicyclic) bond motifs is 2. The van der Waals surface area contributed by atoms with E-state index in [1.165, 1.54) is 35.7 Å². The van der Waals surface area contributed by atoms with Crippen molar-refractivity contribution in [3.8, 4) is 5.88 Å². The number of anilines is 1. The second-order valence-corrected chi connectivity index (χ2v) is 18.1. The van der Waals surface area contributed by atoms with Gasteiger partial charge in [0.25, 0.3) is 0 Å². The summed E-state index contributed by atoms with van der Waals surface area (Å²) in [7, 11) is -4.12. The maximum Gasteiger partial charge on any atom is 0.506 e. The van der Waals surface area contributed by atoms with Crippen LogP contribution in [0.15, 0.2) is 41.3 Å². The van der Waals surface area contributed by atoms with Crippen LogP contribution in [0.4, 0.5) is 19.0 Å². The third-order valence-electron chi connectivity index (χ3n) is 11.5. The molecule has 2 aromatic heterocycles.